The average molecular weight is 510 g/mol. The Morgan fingerprint density at radius 3 is 2.57 bits per heavy atom. The summed E-state index contributed by atoms with van der Waals surface area (Å²) in [6, 6.07) is 23.2. The third-order valence-electron chi connectivity index (χ3n) is 6.96. The summed E-state index contributed by atoms with van der Waals surface area (Å²) < 4.78 is 11.8. The van der Waals surface area contributed by atoms with E-state index in [9.17, 15) is 0 Å². The minimum atomic E-state index is 0.828. The summed E-state index contributed by atoms with van der Waals surface area (Å²) in [5.41, 5.74) is 6.92. The summed E-state index contributed by atoms with van der Waals surface area (Å²) in [6.45, 7) is 5.62. The molecule has 2 aromatic heterocycles. The van der Waals surface area contributed by atoms with Gasteiger partial charge in [0.15, 0.2) is 5.58 Å². The second-order valence-corrected chi connectivity index (χ2v) is 10.3. The molecule has 0 spiro atoms. The van der Waals surface area contributed by atoms with Gasteiger partial charge in [0, 0.05) is 35.3 Å². The molecular weight excluding hydrogens is 478 g/mol. The van der Waals surface area contributed by atoms with Crippen LogP contribution in [0.4, 0.5) is 5.69 Å². The average Bonchev–Trinajstić information content (AvgIpc) is 3.33. The highest BCUT2D eigenvalue weighted by molar-refractivity contribution is 7.98. The van der Waals surface area contributed by atoms with Gasteiger partial charge in [0.05, 0.1) is 24.4 Å². The molecule has 3 aromatic carbocycles. The lowest BCUT2D eigenvalue weighted by molar-refractivity contribution is 0.0378. The molecule has 1 saturated heterocycles. The fraction of sp³-hybridized carbons (Fsp3) is 0.258. The Bertz CT molecular complexity index is 1550. The molecule has 6 rings (SSSR count). The summed E-state index contributed by atoms with van der Waals surface area (Å²) in [4.78, 5) is 8.77. The normalized spacial score (nSPS) is 14.8. The number of anilines is 1. The van der Waals surface area contributed by atoms with Gasteiger partial charge in [0.25, 0.3) is 0 Å². The molecule has 0 saturated carbocycles. The summed E-state index contributed by atoms with van der Waals surface area (Å²) in [5, 5.41) is 5.86. The highest BCUT2D eigenvalue weighted by atomic mass is 32.2. The summed E-state index contributed by atoms with van der Waals surface area (Å²) in [5.74, 6) is 0. The van der Waals surface area contributed by atoms with E-state index in [0.717, 1.165) is 90.0 Å². The predicted octanol–water partition coefficient (Wildman–Crippen LogP) is 7.16. The van der Waals surface area contributed by atoms with Crippen LogP contribution in [0.2, 0.25) is 0 Å². The number of rotatable bonds is 8. The van der Waals surface area contributed by atoms with Crippen molar-refractivity contribution in [2.45, 2.75) is 11.3 Å². The van der Waals surface area contributed by atoms with Gasteiger partial charge in [0.2, 0.25) is 0 Å². The van der Waals surface area contributed by atoms with Gasteiger partial charge in [-0.1, -0.05) is 42.5 Å². The first-order valence-electron chi connectivity index (χ1n) is 12.9. The van der Waals surface area contributed by atoms with Gasteiger partial charge in [0.1, 0.15) is 11.1 Å². The van der Waals surface area contributed by atoms with E-state index >= 15 is 0 Å². The molecule has 6 heteroatoms. The number of ether oxygens (including phenoxy) is 1. The van der Waals surface area contributed by atoms with Crippen LogP contribution in [-0.2, 0) is 4.74 Å². The van der Waals surface area contributed by atoms with Crippen LogP contribution in [0, 0.1) is 0 Å². The summed E-state index contributed by atoms with van der Waals surface area (Å²) >= 11 is 1.76. The Morgan fingerprint density at radius 1 is 0.946 bits per heavy atom. The van der Waals surface area contributed by atoms with Gasteiger partial charge in [-0.25, -0.2) is 4.98 Å². The smallest absolute Gasteiger partial charge is 0.177 e. The Labute approximate surface area is 221 Å². The molecule has 0 aliphatic carbocycles. The lowest BCUT2D eigenvalue weighted by atomic mass is 10.1. The number of pyridine rings is 1. The van der Waals surface area contributed by atoms with Crippen molar-refractivity contribution in [1.82, 2.24) is 9.88 Å². The zero-order valence-electron chi connectivity index (χ0n) is 21.1. The van der Waals surface area contributed by atoms with E-state index < -0.39 is 0 Å². The monoisotopic (exact) mass is 509 g/mol. The van der Waals surface area contributed by atoms with Crippen molar-refractivity contribution in [2.75, 3.05) is 51.0 Å². The van der Waals surface area contributed by atoms with Crippen molar-refractivity contribution in [2.24, 2.45) is 0 Å². The van der Waals surface area contributed by atoms with Crippen molar-refractivity contribution in [3.05, 3.63) is 77.9 Å². The van der Waals surface area contributed by atoms with Crippen LogP contribution in [0.5, 0.6) is 0 Å². The third kappa shape index (κ3) is 5.23. The first kappa shape index (κ1) is 24.0. The number of aromatic nitrogens is 1. The molecule has 0 unspecified atom stereocenters. The molecule has 1 N–H and O–H groups in total. The maximum atomic E-state index is 6.36. The fourth-order valence-electron chi connectivity index (χ4n) is 4.93. The molecular formula is C31H31N3O2S. The van der Waals surface area contributed by atoms with E-state index in [1.165, 1.54) is 10.5 Å². The molecule has 0 bridgehead atoms. The van der Waals surface area contributed by atoms with Crippen molar-refractivity contribution in [3.63, 3.8) is 0 Å². The maximum absolute atomic E-state index is 6.36. The predicted molar refractivity (Wildman–Crippen MR) is 157 cm³/mol. The number of para-hydroxylation sites is 1. The molecule has 0 radical (unpaired) electrons. The molecule has 5 nitrogen and oxygen atoms in total. The number of furan rings is 1. The van der Waals surface area contributed by atoms with E-state index in [0.29, 0.717) is 0 Å². The molecule has 3 heterocycles. The van der Waals surface area contributed by atoms with Gasteiger partial charge < -0.3 is 14.5 Å². The first-order valence-corrected chi connectivity index (χ1v) is 14.1. The number of thioether (sulfide) groups is 1. The second-order valence-electron chi connectivity index (χ2n) is 9.38. The summed E-state index contributed by atoms with van der Waals surface area (Å²) in [7, 11) is 0. The molecule has 1 fully saturated rings. The minimum Gasteiger partial charge on any atom is -0.452 e. The number of morpholine rings is 1. The van der Waals surface area contributed by atoms with Crippen LogP contribution in [0.3, 0.4) is 0 Å². The van der Waals surface area contributed by atoms with Gasteiger partial charge in [-0.15, -0.1) is 11.8 Å². The minimum absolute atomic E-state index is 0.828. The van der Waals surface area contributed by atoms with Gasteiger partial charge in [-0.05, 0) is 66.7 Å². The van der Waals surface area contributed by atoms with Crippen LogP contribution in [-0.4, -0.2) is 55.5 Å². The largest absolute Gasteiger partial charge is 0.452 e. The highest BCUT2D eigenvalue weighted by Crippen LogP contribution is 2.37. The highest BCUT2D eigenvalue weighted by Gasteiger charge is 2.17. The van der Waals surface area contributed by atoms with Gasteiger partial charge in [-0.2, -0.15) is 0 Å². The second kappa shape index (κ2) is 11.0. The van der Waals surface area contributed by atoms with Crippen LogP contribution >= 0.6 is 11.8 Å². The van der Waals surface area contributed by atoms with Crippen molar-refractivity contribution in [1.29, 1.82) is 0 Å². The Morgan fingerprint density at radius 2 is 1.73 bits per heavy atom. The van der Waals surface area contributed by atoms with Crippen LogP contribution < -0.4 is 5.32 Å². The molecule has 1 aliphatic heterocycles. The standard InChI is InChI=1S/C31H31N3O2S/c1-37-24-12-9-22(10-13-24)7-8-23-11-14-27-26(21-23)29(32-15-4-16-34-17-19-35-20-18-34)31-30(33-27)25-5-2-3-6-28(25)36-31/h2-3,5-14,21H,4,15-20H2,1H3,(H,32,33)/b8-7+. The van der Waals surface area contributed by atoms with E-state index in [-0.39, 0.29) is 0 Å². The number of benzene rings is 3. The SMILES string of the molecule is CSc1ccc(/C=C/c2ccc3nc4c(oc5ccccc54)c(NCCCN4CCOCC4)c3c2)cc1. The Balaban J connectivity index is 1.33. The third-order valence-corrected chi connectivity index (χ3v) is 7.70. The molecule has 1 aliphatic rings. The lowest BCUT2D eigenvalue weighted by Gasteiger charge is -2.26. The number of fused-ring (bicyclic) bond motifs is 4. The number of nitrogens with zero attached hydrogens (tertiary/aromatic N) is 2. The van der Waals surface area contributed by atoms with E-state index in [2.05, 4.69) is 77.2 Å². The molecule has 0 atom stereocenters. The van der Waals surface area contributed by atoms with Crippen LogP contribution in [0.1, 0.15) is 17.5 Å². The molecule has 37 heavy (non-hydrogen) atoms. The van der Waals surface area contributed by atoms with Crippen molar-refractivity contribution < 1.29 is 9.15 Å². The number of nitrogens with one attached hydrogen (secondary N) is 1. The maximum Gasteiger partial charge on any atom is 0.177 e. The van der Waals surface area contributed by atoms with Crippen molar-refractivity contribution >= 4 is 62.6 Å². The van der Waals surface area contributed by atoms with Gasteiger partial charge in [-0.3, -0.25) is 4.90 Å². The Kier molecular flexibility index (Phi) is 7.13. The van der Waals surface area contributed by atoms with E-state index in [1.54, 1.807) is 11.8 Å². The van der Waals surface area contributed by atoms with Gasteiger partial charge >= 0.3 is 0 Å². The lowest BCUT2D eigenvalue weighted by Crippen LogP contribution is -2.37. The molecule has 5 aromatic rings. The first-order chi connectivity index (χ1) is 18.3. The van der Waals surface area contributed by atoms with E-state index in [1.807, 2.05) is 18.2 Å². The summed E-state index contributed by atoms with van der Waals surface area (Å²) in [6.07, 6.45) is 7.48. The zero-order valence-corrected chi connectivity index (χ0v) is 21.9. The molecule has 0 amide bonds. The van der Waals surface area contributed by atoms with Crippen LogP contribution in [0.15, 0.2) is 76.0 Å². The zero-order chi connectivity index (χ0) is 25.0. The van der Waals surface area contributed by atoms with Crippen molar-refractivity contribution in [3.8, 4) is 0 Å². The van der Waals surface area contributed by atoms with Crippen LogP contribution in [0.25, 0.3) is 45.1 Å². The Hall–Kier alpha value is -3.32. The quantitative estimate of drug-likeness (QED) is 0.136. The topological polar surface area (TPSA) is 50.5 Å². The van der Waals surface area contributed by atoms with E-state index in [4.69, 9.17) is 14.1 Å². The molecule has 188 valence electrons. The fourth-order valence-corrected chi connectivity index (χ4v) is 5.34. The number of hydrogen-bond acceptors (Lipinski definition) is 6. The number of hydrogen-bond donors (Lipinski definition) is 1.